The van der Waals surface area contributed by atoms with E-state index in [2.05, 4.69) is 69.8 Å². The van der Waals surface area contributed by atoms with Crippen LogP contribution in [0.2, 0.25) is 0 Å². The summed E-state index contributed by atoms with van der Waals surface area (Å²) in [5.41, 5.74) is 4.35. The standard InChI is InChI=1S/C14H11.Ti/c1-10-6-13-8-11-4-2-3-5-12(11)9-14(13)7-10;/h2-9H,1H3;. The van der Waals surface area contributed by atoms with E-state index in [1.165, 1.54) is 27.5 Å². The van der Waals surface area contributed by atoms with Crippen LogP contribution in [0.15, 0.2) is 42.0 Å². The van der Waals surface area contributed by atoms with Crippen molar-refractivity contribution < 1.29 is 20.4 Å². The molecule has 15 heavy (non-hydrogen) atoms. The van der Waals surface area contributed by atoms with Crippen molar-refractivity contribution in [1.82, 2.24) is 0 Å². The molecule has 0 bridgehead atoms. The minimum absolute atomic E-state index is 0.588. The molecule has 1 unspecified atom stereocenters. The molecular weight excluding hydrogens is 216 g/mol. The number of fused-ring (bicyclic) bond motifs is 2. The number of rotatable bonds is 0. The van der Waals surface area contributed by atoms with Gasteiger partial charge in [0.05, 0.1) is 0 Å². The summed E-state index contributed by atoms with van der Waals surface area (Å²) in [7, 11) is 0. The molecule has 3 rings (SSSR count). The van der Waals surface area contributed by atoms with E-state index in [0.717, 1.165) is 0 Å². The van der Waals surface area contributed by atoms with Gasteiger partial charge in [-0.05, 0) is 0 Å². The Bertz CT molecular complexity index is 567. The van der Waals surface area contributed by atoms with Gasteiger partial charge < -0.3 is 0 Å². The Hall–Kier alpha value is -0.846. The molecule has 0 fully saturated rings. The average molecular weight is 227 g/mol. The van der Waals surface area contributed by atoms with Gasteiger partial charge in [0.1, 0.15) is 0 Å². The van der Waals surface area contributed by atoms with Crippen molar-refractivity contribution in [2.24, 2.45) is 0 Å². The van der Waals surface area contributed by atoms with E-state index in [4.69, 9.17) is 0 Å². The van der Waals surface area contributed by atoms with Gasteiger partial charge in [0.2, 0.25) is 0 Å². The number of hydrogen-bond acceptors (Lipinski definition) is 0. The summed E-state index contributed by atoms with van der Waals surface area (Å²) < 4.78 is 0.588. The van der Waals surface area contributed by atoms with E-state index in [0.29, 0.717) is 4.22 Å². The van der Waals surface area contributed by atoms with Gasteiger partial charge in [-0.2, -0.15) is 0 Å². The molecule has 71 valence electrons. The van der Waals surface area contributed by atoms with Crippen LogP contribution >= 0.6 is 0 Å². The minimum atomic E-state index is 0.588. The van der Waals surface area contributed by atoms with Crippen molar-refractivity contribution >= 4 is 16.8 Å². The fraction of sp³-hybridized carbons (Fsp3) is 0.143. The van der Waals surface area contributed by atoms with Crippen LogP contribution in [0.4, 0.5) is 0 Å². The second-order valence-electron chi connectivity index (χ2n) is 4.15. The van der Waals surface area contributed by atoms with E-state index in [-0.39, 0.29) is 0 Å². The van der Waals surface area contributed by atoms with Crippen LogP contribution in [-0.4, -0.2) is 0 Å². The number of hydrogen-bond donors (Lipinski definition) is 0. The van der Waals surface area contributed by atoms with Crippen LogP contribution in [0, 0.1) is 0 Å². The first-order chi connectivity index (χ1) is 7.25. The number of allylic oxidation sites excluding steroid dienone is 1. The van der Waals surface area contributed by atoms with E-state index in [9.17, 15) is 0 Å². The third kappa shape index (κ3) is 1.40. The summed E-state index contributed by atoms with van der Waals surface area (Å²) in [6, 6.07) is 13.2. The van der Waals surface area contributed by atoms with Crippen molar-refractivity contribution in [2.75, 3.05) is 0 Å². The Morgan fingerprint density at radius 2 is 1.73 bits per heavy atom. The Morgan fingerprint density at radius 1 is 1.07 bits per heavy atom. The van der Waals surface area contributed by atoms with Crippen molar-refractivity contribution in [3.05, 3.63) is 53.1 Å². The first kappa shape index (κ1) is 9.39. The molecule has 1 aliphatic carbocycles. The molecule has 0 amide bonds. The Labute approximate surface area is 101 Å². The summed E-state index contributed by atoms with van der Waals surface area (Å²) in [6.45, 7) is 2.22. The van der Waals surface area contributed by atoms with E-state index in [1.54, 1.807) is 0 Å². The zero-order valence-corrected chi connectivity index (χ0v) is 10.2. The molecule has 1 heteroatoms. The molecule has 0 spiro atoms. The summed E-state index contributed by atoms with van der Waals surface area (Å²) in [5, 5.41) is 2.70. The van der Waals surface area contributed by atoms with Gasteiger partial charge in [-0.25, -0.2) is 0 Å². The van der Waals surface area contributed by atoms with Crippen molar-refractivity contribution in [2.45, 2.75) is 11.1 Å². The second-order valence-corrected chi connectivity index (χ2v) is 5.05. The topological polar surface area (TPSA) is 0 Å². The Balaban J connectivity index is 2.33. The zero-order valence-electron chi connectivity index (χ0n) is 8.62. The van der Waals surface area contributed by atoms with Crippen LogP contribution in [0.3, 0.4) is 0 Å². The fourth-order valence-corrected chi connectivity index (χ4v) is 2.74. The van der Waals surface area contributed by atoms with Crippen LogP contribution < -0.4 is 0 Å². The maximum atomic E-state index is 2.34. The molecule has 0 radical (unpaired) electrons. The summed E-state index contributed by atoms with van der Waals surface area (Å²) in [4.78, 5) is 0. The first-order valence-electron chi connectivity index (χ1n) is 5.18. The molecule has 0 heterocycles. The van der Waals surface area contributed by atoms with Gasteiger partial charge in [0, 0.05) is 0 Å². The van der Waals surface area contributed by atoms with Crippen LogP contribution in [0.5, 0.6) is 0 Å². The van der Waals surface area contributed by atoms with Crippen LogP contribution in [0.1, 0.15) is 22.3 Å². The molecule has 2 aromatic carbocycles. The maximum absolute atomic E-state index is 2.34. The molecule has 0 saturated heterocycles. The summed E-state index contributed by atoms with van der Waals surface area (Å²) in [5.74, 6) is 0. The zero-order chi connectivity index (χ0) is 10.4. The first-order valence-corrected chi connectivity index (χ1v) is 6.08. The summed E-state index contributed by atoms with van der Waals surface area (Å²) in [6.07, 6.45) is 2.31. The van der Waals surface area contributed by atoms with Crippen molar-refractivity contribution in [3.8, 4) is 0 Å². The molecule has 0 saturated carbocycles. The molecule has 2 aromatic rings. The third-order valence-corrected chi connectivity index (χ3v) is 4.30. The van der Waals surface area contributed by atoms with E-state index >= 15 is 0 Å². The fourth-order valence-electron chi connectivity index (χ4n) is 2.22. The van der Waals surface area contributed by atoms with Gasteiger partial charge >= 0.3 is 102 Å². The van der Waals surface area contributed by atoms with Crippen molar-refractivity contribution in [1.29, 1.82) is 0 Å². The molecule has 0 aromatic heterocycles. The SMILES string of the molecule is CC1=Cc2cc3ccccc3cc2[CH]1[Ti]. The summed E-state index contributed by atoms with van der Waals surface area (Å²) >= 11 is 2.28. The molecule has 0 nitrogen and oxygen atoms in total. The average Bonchev–Trinajstić information content (AvgIpc) is 2.52. The normalized spacial score (nSPS) is 18.9. The predicted octanol–water partition coefficient (Wildman–Crippen LogP) is 3.84. The van der Waals surface area contributed by atoms with E-state index in [1.807, 2.05) is 0 Å². The third-order valence-electron chi connectivity index (χ3n) is 3.10. The molecule has 0 aliphatic heterocycles. The molecule has 1 atom stereocenters. The van der Waals surface area contributed by atoms with Gasteiger partial charge in [0.25, 0.3) is 0 Å². The van der Waals surface area contributed by atoms with Gasteiger partial charge in [-0.1, -0.05) is 0 Å². The van der Waals surface area contributed by atoms with Crippen LogP contribution in [0.25, 0.3) is 16.8 Å². The van der Waals surface area contributed by atoms with Crippen molar-refractivity contribution in [3.63, 3.8) is 0 Å². The molecular formula is C14H11Ti. The number of benzene rings is 2. The quantitative estimate of drug-likeness (QED) is 0.599. The molecule has 0 N–H and O–H groups in total. The van der Waals surface area contributed by atoms with Crippen LogP contribution in [-0.2, 0) is 20.4 Å². The second kappa shape index (κ2) is 3.33. The molecule has 1 aliphatic rings. The van der Waals surface area contributed by atoms with Gasteiger partial charge in [-0.15, -0.1) is 0 Å². The Kier molecular flexibility index (Phi) is 2.08. The van der Waals surface area contributed by atoms with Gasteiger partial charge in [-0.3, -0.25) is 0 Å². The monoisotopic (exact) mass is 227 g/mol. The van der Waals surface area contributed by atoms with Gasteiger partial charge in [0.15, 0.2) is 0 Å². The Morgan fingerprint density at radius 3 is 2.47 bits per heavy atom. The van der Waals surface area contributed by atoms with E-state index < -0.39 is 0 Å². The predicted molar refractivity (Wildman–Crippen MR) is 60.3 cm³/mol.